The van der Waals surface area contributed by atoms with Crippen molar-refractivity contribution < 1.29 is 32.2 Å². The predicted molar refractivity (Wildman–Crippen MR) is 115 cm³/mol. The molecule has 0 bridgehead atoms. The van der Waals surface area contributed by atoms with Crippen LogP contribution >= 0.6 is 0 Å². The number of hydrogen-bond acceptors (Lipinski definition) is 6. The maximum Gasteiger partial charge on any atom is 0.416 e. The number of cyclic esters (lactones) is 1. The van der Waals surface area contributed by atoms with Crippen LogP contribution in [0.3, 0.4) is 0 Å². The second-order valence-electron chi connectivity index (χ2n) is 8.96. The average molecular weight is 467 g/mol. The fraction of sp³-hybridized carbons (Fsp3) is 0.522. The summed E-state index contributed by atoms with van der Waals surface area (Å²) in [6.07, 6.45) is 0.148. The highest BCUT2D eigenvalue weighted by Crippen LogP contribution is 2.29. The van der Waals surface area contributed by atoms with Crippen LogP contribution in [0, 0.1) is 5.82 Å². The lowest BCUT2D eigenvalue weighted by atomic mass is 9.97. The molecule has 3 atom stereocenters. The molecular weight excluding hydrogens is 439 g/mol. The first-order valence-corrected chi connectivity index (χ1v) is 10.6. The van der Waals surface area contributed by atoms with E-state index in [9.17, 15) is 18.0 Å². The minimum absolute atomic E-state index is 0.0438. The molecule has 1 fully saturated rings. The fourth-order valence-electron chi connectivity index (χ4n) is 3.71. The molecule has 1 saturated heterocycles. The van der Waals surface area contributed by atoms with Gasteiger partial charge < -0.3 is 14.2 Å². The maximum atomic E-state index is 14.7. The minimum atomic E-state index is -2.92. The molecule has 0 spiro atoms. The zero-order chi connectivity index (χ0) is 24.3. The molecule has 180 valence electrons. The summed E-state index contributed by atoms with van der Waals surface area (Å²) in [6, 6.07) is 5.78. The Labute approximate surface area is 190 Å². The van der Waals surface area contributed by atoms with Crippen molar-refractivity contribution in [2.45, 2.75) is 71.3 Å². The largest absolute Gasteiger partial charge is 0.447 e. The van der Waals surface area contributed by atoms with Crippen LogP contribution < -0.4 is 9.64 Å². The summed E-state index contributed by atoms with van der Waals surface area (Å²) in [7, 11) is 0. The molecule has 10 heteroatoms. The summed E-state index contributed by atoms with van der Waals surface area (Å²) in [5, 5.41) is 0. The fourth-order valence-corrected chi connectivity index (χ4v) is 3.71. The second kappa shape index (κ2) is 9.94. The molecule has 33 heavy (non-hydrogen) atoms. The van der Waals surface area contributed by atoms with Gasteiger partial charge in [-0.25, -0.2) is 24.1 Å². The molecule has 0 unspecified atom stereocenters. The van der Waals surface area contributed by atoms with Crippen LogP contribution in [0.1, 0.15) is 51.9 Å². The highest BCUT2D eigenvalue weighted by molar-refractivity contribution is 5.89. The van der Waals surface area contributed by atoms with E-state index >= 15 is 0 Å². The number of ether oxygens (including phenoxy) is 3. The first-order valence-electron chi connectivity index (χ1n) is 10.6. The summed E-state index contributed by atoms with van der Waals surface area (Å²) < 4.78 is 55.3. The van der Waals surface area contributed by atoms with Gasteiger partial charge in [0.25, 0.3) is 0 Å². The predicted octanol–water partition coefficient (Wildman–Crippen LogP) is 5.09. The topological polar surface area (TPSA) is 73.8 Å². The van der Waals surface area contributed by atoms with Crippen LogP contribution in [-0.2, 0) is 15.9 Å². The molecule has 1 aromatic heterocycles. The van der Waals surface area contributed by atoms with Crippen molar-refractivity contribution in [1.82, 2.24) is 9.97 Å². The van der Waals surface area contributed by atoms with Crippen molar-refractivity contribution in [1.29, 1.82) is 0 Å². The molecule has 3 rings (SSSR count). The molecule has 2 heterocycles. The van der Waals surface area contributed by atoms with E-state index < -0.39 is 36.3 Å². The first kappa shape index (κ1) is 24.8. The highest BCUT2D eigenvalue weighted by atomic mass is 19.3. The number of carbonyl (C=O) groups excluding carboxylic acids is 1. The third kappa shape index (κ3) is 6.34. The van der Waals surface area contributed by atoms with Crippen molar-refractivity contribution in [3.63, 3.8) is 0 Å². The van der Waals surface area contributed by atoms with E-state index in [4.69, 9.17) is 9.47 Å². The van der Waals surface area contributed by atoms with Crippen molar-refractivity contribution in [3.05, 3.63) is 47.7 Å². The third-order valence-corrected chi connectivity index (χ3v) is 5.13. The molecule has 1 amide bonds. The van der Waals surface area contributed by atoms with E-state index in [0.717, 1.165) is 11.8 Å². The van der Waals surface area contributed by atoms with Crippen molar-refractivity contribution in [2.75, 3.05) is 11.5 Å². The normalized spacial score (nSPS) is 18.4. The molecule has 0 N–H and O–H groups in total. The zero-order valence-corrected chi connectivity index (χ0v) is 19.2. The first-order chi connectivity index (χ1) is 15.4. The van der Waals surface area contributed by atoms with Crippen molar-refractivity contribution >= 4 is 11.9 Å². The number of alkyl halides is 2. The maximum absolute atomic E-state index is 14.7. The van der Waals surface area contributed by atoms with Crippen LogP contribution in [0.25, 0.3) is 0 Å². The number of benzene rings is 1. The van der Waals surface area contributed by atoms with Gasteiger partial charge in [0.2, 0.25) is 0 Å². The van der Waals surface area contributed by atoms with Gasteiger partial charge in [-0.15, -0.1) is 0 Å². The van der Waals surface area contributed by atoms with Gasteiger partial charge in [-0.2, -0.15) is 8.78 Å². The third-order valence-electron chi connectivity index (χ3n) is 5.13. The summed E-state index contributed by atoms with van der Waals surface area (Å²) >= 11 is 0. The Morgan fingerprint density at radius 3 is 2.67 bits per heavy atom. The monoisotopic (exact) mass is 467 g/mol. The molecule has 0 saturated carbocycles. The Morgan fingerprint density at radius 2 is 2.00 bits per heavy atom. The van der Waals surface area contributed by atoms with Crippen molar-refractivity contribution in [2.24, 2.45) is 0 Å². The van der Waals surface area contributed by atoms with Gasteiger partial charge in [0.1, 0.15) is 24.2 Å². The SMILES string of the molecule is C[C@H](Cc1ncc(F)c(N2C(=O)OC[C@@H]2[C@@H](C)OC(C)(C)C)n1)c1cccc(OC(F)F)c1. The van der Waals surface area contributed by atoms with Gasteiger partial charge in [-0.1, -0.05) is 19.1 Å². The summed E-state index contributed by atoms with van der Waals surface area (Å²) in [6.45, 7) is 6.44. The van der Waals surface area contributed by atoms with E-state index in [-0.39, 0.29) is 30.5 Å². The molecule has 0 radical (unpaired) electrons. The second-order valence-corrected chi connectivity index (χ2v) is 8.96. The van der Waals surface area contributed by atoms with E-state index in [1.807, 2.05) is 27.7 Å². The minimum Gasteiger partial charge on any atom is -0.447 e. The highest BCUT2D eigenvalue weighted by Gasteiger charge is 2.41. The van der Waals surface area contributed by atoms with E-state index in [0.29, 0.717) is 5.82 Å². The number of carbonyl (C=O) groups is 1. The quantitative estimate of drug-likeness (QED) is 0.538. The lowest BCUT2D eigenvalue weighted by Crippen LogP contribution is -2.45. The number of nitrogens with zero attached hydrogens (tertiary/aromatic N) is 3. The summed E-state index contributed by atoms with van der Waals surface area (Å²) in [5.74, 6) is -0.786. The van der Waals surface area contributed by atoms with Crippen LogP contribution in [0.5, 0.6) is 5.75 Å². The molecule has 7 nitrogen and oxygen atoms in total. The Morgan fingerprint density at radius 1 is 1.27 bits per heavy atom. The number of hydrogen-bond donors (Lipinski definition) is 0. The van der Waals surface area contributed by atoms with Gasteiger partial charge in [0.05, 0.1) is 17.9 Å². The lowest BCUT2D eigenvalue weighted by molar-refractivity contribution is -0.0619. The molecular formula is C23H28F3N3O4. The number of halogens is 3. The Hall–Kier alpha value is -2.88. The number of amides is 1. The van der Waals surface area contributed by atoms with Crippen molar-refractivity contribution in [3.8, 4) is 5.75 Å². The standard InChI is InChI=1S/C23H28F3N3O4/c1-13(15-7-6-8-16(10-15)32-21(25)26)9-19-27-11-17(24)20(28-19)29-18(12-31-22(29)30)14(2)33-23(3,4)5/h6-8,10-11,13-14,18,21H,9,12H2,1-5H3/t13-,14-,18-/m1/s1. The van der Waals surface area contributed by atoms with E-state index in [1.165, 1.54) is 17.0 Å². The summed E-state index contributed by atoms with van der Waals surface area (Å²) in [4.78, 5) is 22.0. The average Bonchev–Trinajstić information content (AvgIpc) is 3.09. The number of rotatable bonds is 8. The smallest absolute Gasteiger partial charge is 0.416 e. The Bertz CT molecular complexity index is 984. The van der Waals surface area contributed by atoms with Crippen LogP contribution in [0.4, 0.5) is 23.8 Å². The Kier molecular flexibility index (Phi) is 7.46. The molecule has 2 aromatic rings. The van der Waals surface area contributed by atoms with Gasteiger partial charge in [-0.05, 0) is 51.3 Å². The zero-order valence-electron chi connectivity index (χ0n) is 19.2. The van der Waals surface area contributed by atoms with Crippen LogP contribution in [0.15, 0.2) is 30.5 Å². The van der Waals surface area contributed by atoms with Crippen LogP contribution in [-0.4, -0.2) is 47.0 Å². The molecule has 0 aliphatic carbocycles. The molecule has 1 aromatic carbocycles. The van der Waals surface area contributed by atoms with E-state index in [1.54, 1.807) is 19.1 Å². The molecule has 1 aliphatic heterocycles. The summed E-state index contributed by atoms with van der Waals surface area (Å²) in [5.41, 5.74) is 0.262. The van der Waals surface area contributed by atoms with Gasteiger partial charge in [0, 0.05) is 6.42 Å². The number of aromatic nitrogens is 2. The number of anilines is 1. The van der Waals surface area contributed by atoms with Crippen LogP contribution in [0.2, 0.25) is 0 Å². The Balaban J connectivity index is 1.82. The molecule has 1 aliphatic rings. The van der Waals surface area contributed by atoms with Gasteiger partial charge >= 0.3 is 12.7 Å². The van der Waals surface area contributed by atoms with E-state index in [2.05, 4.69) is 14.7 Å². The lowest BCUT2D eigenvalue weighted by Gasteiger charge is -2.31. The van der Waals surface area contributed by atoms with Gasteiger partial charge in [0.15, 0.2) is 11.6 Å². The van der Waals surface area contributed by atoms with Gasteiger partial charge in [-0.3, -0.25) is 0 Å².